The van der Waals surface area contributed by atoms with Gasteiger partial charge in [-0.3, -0.25) is 4.90 Å². The summed E-state index contributed by atoms with van der Waals surface area (Å²) in [4.78, 5) is 4.50. The van der Waals surface area contributed by atoms with Crippen LogP contribution >= 0.6 is 0 Å². The molecule has 1 aliphatic heterocycles. The number of aliphatic hydroxyl groups is 1. The quantitative estimate of drug-likeness (QED) is 0.720. The van der Waals surface area contributed by atoms with E-state index in [1.54, 1.807) is 0 Å². The molecule has 1 saturated heterocycles. The highest BCUT2D eigenvalue weighted by Gasteiger charge is 2.33. The van der Waals surface area contributed by atoms with Crippen molar-refractivity contribution in [3.8, 4) is 11.5 Å². The van der Waals surface area contributed by atoms with E-state index >= 15 is 0 Å². The number of hydrogen-bond acceptors (Lipinski definition) is 5. The Kier molecular flexibility index (Phi) is 7.31. The van der Waals surface area contributed by atoms with Crippen LogP contribution in [0, 0.1) is 0 Å². The lowest BCUT2D eigenvalue weighted by molar-refractivity contribution is -0.0537. The van der Waals surface area contributed by atoms with E-state index in [1.165, 1.54) is 5.56 Å². The van der Waals surface area contributed by atoms with Crippen molar-refractivity contribution in [2.45, 2.75) is 25.0 Å². The second-order valence-electron chi connectivity index (χ2n) is 7.90. The topological polar surface area (TPSA) is 45.2 Å². The number of nitrogens with zero attached hydrogens (tertiary/aromatic N) is 2. The summed E-state index contributed by atoms with van der Waals surface area (Å²) in [7, 11) is 4.09. The van der Waals surface area contributed by atoms with Crippen LogP contribution in [0.25, 0.3) is 0 Å². The van der Waals surface area contributed by atoms with Gasteiger partial charge in [0.15, 0.2) is 0 Å². The molecule has 0 amide bonds. The monoisotopic (exact) mass is 384 g/mol. The fourth-order valence-electron chi connectivity index (χ4n) is 3.34. The highest BCUT2D eigenvalue weighted by Crippen LogP contribution is 2.25. The molecular weight excluding hydrogens is 352 g/mol. The van der Waals surface area contributed by atoms with E-state index < -0.39 is 5.60 Å². The Morgan fingerprint density at radius 1 is 0.964 bits per heavy atom. The Balaban J connectivity index is 1.45. The molecule has 0 aromatic heterocycles. The lowest BCUT2D eigenvalue weighted by Crippen LogP contribution is -2.47. The normalized spacial score (nSPS) is 16.9. The zero-order valence-electron chi connectivity index (χ0n) is 17.0. The van der Waals surface area contributed by atoms with E-state index in [4.69, 9.17) is 9.47 Å². The third kappa shape index (κ3) is 6.51. The van der Waals surface area contributed by atoms with E-state index in [2.05, 4.69) is 21.9 Å². The maximum atomic E-state index is 10.8. The molecule has 3 rings (SSSR count). The van der Waals surface area contributed by atoms with E-state index in [9.17, 15) is 5.11 Å². The Morgan fingerprint density at radius 2 is 1.68 bits per heavy atom. The van der Waals surface area contributed by atoms with E-state index in [0.717, 1.165) is 50.5 Å². The van der Waals surface area contributed by atoms with Gasteiger partial charge in [0.2, 0.25) is 0 Å². The number of rotatable bonds is 9. The first-order valence-corrected chi connectivity index (χ1v) is 10.0. The lowest BCUT2D eigenvalue weighted by Gasteiger charge is -2.38. The Labute approximate surface area is 168 Å². The van der Waals surface area contributed by atoms with Crippen LogP contribution in [0.5, 0.6) is 11.5 Å². The molecule has 0 atom stereocenters. The number of likely N-dealkylation sites (tertiary alicyclic amines) is 1. The average Bonchev–Trinajstić information content (AvgIpc) is 2.69. The van der Waals surface area contributed by atoms with Crippen LogP contribution in [0.1, 0.15) is 18.4 Å². The highest BCUT2D eigenvalue weighted by molar-refractivity contribution is 5.28. The van der Waals surface area contributed by atoms with Crippen molar-refractivity contribution in [2.75, 3.05) is 46.9 Å². The highest BCUT2D eigenvalue weighted by atomic mass is 16.5. The van der Waals surface area contributed by atoms with Gasteiger partial charge >= 0.3 is 0 Å². The predicted octanol–water partition coefficient (Wildman–Crippen LogP) is 3.03. The molecule has 0 unspecified atom stereocenters. The van der Waals surface area contributed by atoms with Crippen LogP contribution in [0.2, 0.25) is 0 Å². The van der Waals surface area contributed by atoms with Crippen molar-refractivity contribution < 1.29 is 14.6 Å². The molecule has 0 spiro atoms. The maximum absolute atomic E-state index is 10.8. The molecule has 0 bridgehead atoms. The van der Waals surface area contributed by atoms with Crippen LogP contribution in [0.15, 0.2) is 54.6 Å². The first kappa shape index (κ1) is 20.6. The van der Waals surface area contributed by atoms with E-state index in [-0.39, 0.29) is 0 Å². The van der Waals surface area contributed by atoms with E-state index in [1.807, 2.05) is 56.6 Å². The fraction of sp³-hybridized carbons (Fsp3) is 0.478. The second kappa shape index (κ2) is 9.92. The van der Waals surface area contributed by atoms with Crippen molar-refractivity contribution in [2.24, 2.45) is 0 Å². The molecular formula is C23H32N2O3. The van der Waals surface area contributed by atoms with Gasteiger partial charge in [0.1, 0.15) is 30.3 Å². The zero-order chi connectivity index (χ0) is 19.8. The van der Waals surface area contributed by atoms with Gasteiger partial charge in [-0.15, -0.1) is 0 Å². The van der Waals surface area contributed by atoms with Crippen LogP contribution in [-0.4, -0.2) is 67.5 Å². The third-order valence-electron chi connectivity index (χ3n) is 5.15. The van der Waals surface area contributed by atoms with Gasteiger partial charge in [-0.25, -0.2) is 0 Å². The molecule has 2 aromatic carbocycles. The molecule has 28 heavy (non-hydrogen) atoms. The maximum Gasteiger partial charge on any atom is 0.119 e. The SMILES string of the molecule is CN(C)CCOc1cccc(CN2CCC(O)(COc3ccccc3)CC2)c1. The van der Waals surface area contributed by atoms with Gasteiger partial charge in [-0.05, 0) is 56.8 Å². The number of piperidine rings is 1. The van der Waals surface area contributed by atoms with Gasteiger partial charge in [-0.1, -0.05) is 30.3 Å². The standard InChI is InChI=1S/C23H32N2O3/c1-24(2)15-16-27-22-10-6-7-20(17-22)18-25-13-11-23(26,12-14-25)19-28-21-8-4-3-5-9-21/h3-10,17,26H,11-16,18-19H2,1-2H3. The second-order valence-corrected chi connectivity index (χ2v) is 7.90. The lowest BCUT2D eigenvalue weighted by atomic mass is 9.92. The number of hydrogen-bond donors (Lipinski definition) is 1. The predicted molar refractivity (Wildman–Crippen MR) is 112 cm³/mol. The van der Waals surface area contributed by atoms with Crippen molar-refractivity contribution >= 4 is 0 Å². The minimum atomic E-state index is -0.747. The number of ether oxygens (including phenoxy) is 2. The summed E-state index contributed by atoms with van der Waals surface area (Å²) in [5.41, 5.74) is 0.497. The van der Waals surface area contributed by atoms with Gasteiger partial charge in [0.05, 0.1) is 0 Å². The van der Waals surface area contributed by atoms with E-state index in [0.29, 0.717) is 13.2 Å². The molecule has 1 N–H and O–H groups in total. The van der Waals surface area contributed by atoms with Crippen molar-refractivity contribution in [3.63, 3.8) is 0 Å². The average molecular weight is 385 g/mol. The van der Waals surface area contributed by atoms with Crippen LogP contribution < -0.4 is 9.47 Å². The number of para-hydroxylation sites is 1. The Hall–Kier alpha value is -2.08. The van der Waals surface area contributed by atoms with Crippen molar-refractivity contribution in [1.82, 2.24) is 9.80 Å². The molecule has 1 fully saturated rings. The largest absolute Gasteiger partial charge is 0.492 e. The molecule has 0 radical (unpaired) electrons. The summed E-state index contributed by atoms with van der Waals surface area (Å²) in [5, 5.41) is 10.8. The number of likely N-dealkylation sites (N-methyl/N-ethyl adjacent to an activating group) is 1. The molecule has 0 saturated carbocycles. The summed E-state index contributed by atoms with van der Waals surface area (Å²) in [6, 6.07) is 18.0. The van der Waals surface area contributed by atoms with Gasteiger partial charge in [-0.2, -0.15) is 0 Å². The molecule has 1 aliphatic rings. The minimum Gasteiger partial charge on any atom is -0.492 e. The first-order chi connectivity index (χ1) is 13.5. The minimum absolute atomic E-state index is 0.347. The molecule has 5 heteroatoms. The molecule has 2 aromatic rings. The summed E-state index contributed by atoms with van der Waals surface area (Å²) in [5.74, 6) is 1.73. The fourth-order valence-corrected chi connectivity index (χ4v) is 3.34. The van der Waals surface area contributed by atoms with Gasteiger partial charge in [0.25, 0.3) is 0 Å². The van der Waals surface area contributed by atoms with Crippen LogP contribution in [0.3, 0.4) is 0 Å². The molecule has 0 aliphatic carbocycles. The summed E-state index contributed by atoms with van der Waals surface area (Å²) in [6.45, 7) is 4.54. The van der Waals surface area contributed by atoms with Crippen molar-refractivity contribution in [3.05, 3.63) is 60.2 Å². The molecule has 1 heterocycles. The summed E-state index contributed by atoms with van der Waals surface area (Å²) in [6.07, 6.45) is 1.44. The van der Waals surface area contributed by atoms with Crippen LogP contribution in [0.4, 0.5) is 0 Å². The van der Waals surface area contributed by atoms with Crippen LogP contribution in [-0.2, 0) is 6.54 Å². The zero-order valence-corrected chi connectivity index (χ0v) is 17.0. The Morgan fingerprint density at radius 3 is 2.39 bits per heavy atom. The summed E-state index contributed by atoms with van der Waals surface area (Å²) >= 11 is 0. The number of benzene rings is 2. The van der Waals surface area contributed by atoms with Gasteiger partial charge in [0, 0.05) is 26.2 Å². The third-order valence-corrected chi connectivity index (χ3v) is 5.15. The molecule has 152 valence electrons. The Bertz CT molecular complexity index is 713. The van der Waals surface area contributed by atoms with Gasteiger partial charge < -0.3 is 19.5 Å². The smallest absolute Gasteiger partial charge is 0.119 e. The first-order valence-electron chi connectivity index (χ1n) is 10.0. The molecule has 5 nitrogen and oxygen atoms in total. The summed E-state index contributed by atoms with van der Waals surface area (Å²) < 4.78 is 11.6. The van der Waals surface area contributed by atoms with Crippen molar-refractivity contribution in [1.29, 1.82) is 0 Å².